The summed E-state index contributed by atoms with van der Waals surface area (Å²) in [5.74, 6) is 0.659. The zero-order valence-corrected chi connectivity index (χ0v) is 11.0. The lowest BCUT2D eigenvalue weighted by molar-refractivity contribution is 0.219. The second-order valence-electron chi connectivity index (χ2n) is 5.48. The first-order chi connectivity index (χ1) is 8.01. The van der Waals surface area contributed by atoms with Crippen molar-refractivity contribution in [1.82, 2.24) is 4.57 Å². The maximum Gasteiger partial charge on any atom is 0.122 e. The number of hydrogen-bond donors (Lipinski definition) is 1. The summed E-state index contributed by atoms with van der Waals surface area (Å²) in [5.41, 5.74) is 9.13. The SMILES string of the molecule is Cc1c(C#N)c(N)n(C2(C)CCCCC2)c1C. The first-order valence-corrected chi connectivity index (χ1v) is 6.39. The molecule has 0 aromatic carbocycles. The van der Waals surface area contributed by atoms with Crippen LogP contribution in [0, 0.1) is 25.2 Å². The molecule has 0 unspecified atom stereocenters. The van der Waals surface area contributed by atoms with E-state index in [4.69, 9.17) is 5.73 Å². The predicted molar refractivity (Wildman–Crippen MR) is 69.8 cm³/mol. The molecule has 1 aromatic heterocycles. The molecule has 92 valence electrons. The molecule has 3 nitrogen and oxygen atoms in total. The van der Waals surface area contributed by atoms with E-state index in [1.807, 2.05) is 6.92 Å². The first-order valence-electron chi connectivity index (χ1n) is 6.39. The lowest BCUT2D eigenvalue weighted by Gasteiger charge is -2.37. The summed E-state index contributed by atoms with van der Waals surface area (Å²) >= 11 is 0. The average molecular weight is 231 g/mol. The zero-order valence-electron chi connectivity index (χ0n) is 11.0. The van der Waals surface area contributed by atoms with Gasteiger partial charge in [-0.25, -0.2) is 0 Å². The smallest absolute Gasteiger partial charge is 0.122 e. The van der Waals surface area contributed by atoms with E-state index in [0.717, 1.165) is 24.1 Å². The van der Waals surface area contributed by atoms with Crippen molar-refractivity contribution in [3.05, 3.63) is 16.8 Å². The molecule has 1 aliphatic carbocycles. The molecule has 0 saturated heterocycles. The summed E-state index contributed by atoms with van der Waals surface area (Å²) < 4.78 is 2.21. The van der Waals surface area contributed by atoms with Gasteiger partial charge in [0.2, 0.25) is 0 Å². The molecule has 0 bridgehead atoms. The molecular weight excluding hydrogens is 210 g/mol. The number of rotatable bonds is 1. The molecule has 1 heterocycles. The summed E-state index contributed by atoms with van der Waals surface area (Å²) in [5, 5.41) is 9.18. The maximum absolute atomic E-state index is 9.18. The van der Waals surface area contributed by atoms with Crippen LogP contribution in [-0.4, -0.2) is 4.57 Å². The van der Waals surface area contributed by atoms with Crippen molar-refractivity contribution in [3.63, 3.8) is 0 Å². The molecule has 1 aromatic rings. The van der Waals surface area contributed by atoms with E-state index in [0.29, 0.717) is 11.4 Å². The number of nitrogens with two attached hydrogens (primary N) is 1. The third-order valence-electron chi connectivity index (χ3n) is 4.33. The second kappa shape index (κ2) is 4.10. The van der Waals surface area contributed by atoms with Gasteiger partial charge < -0.3 is 10.3 Å². The number of aromatic nitrogens is 1. The van der Waals surface area contributed by atoms with Gasteiger partial charge in [-0.3, -0.25) is 0 Å². The van der Waals surface area contributed by atoms with Gasteiger partial charge in [0, 0.05) is 11.2 Å². The number of hydrogen-bond acceptors (Lipinski definition) is 2. The van der Waals surface area contributed by atoms with Crippen LogP contribution in [-0.2, 0) is 5.54 Å². The van der Waals surface area contributed by atoms with Crippen LogP contribution in [0.5, 0.6) is 0 Å². The van der Waals surface area contributed by atoms with Crippen molar-refractivity contribution in [2.24, 2.45) is 0 Å². The Kier molecular flexibility index (Phi) is 2.91. The molecular formula is C14H21N3. The molecule has 0 aliphatic heterocycles. The Labute approximate surface area is 103 Å². The van der Waals surface area contributed by atoms with Gasteiger partial charge in [-0.15, -0.1) is 0 Å². The summed E-state index contributed by atoms with van der Waals surface area (Å²) in [6, 6.07) is 2.24. The Morgan fingerprint density at radius 1 is 1.24 bits per heavy atom. The average Bonchev–Trinajstić information content (AvgIpc) is 2.51. The normalized spacial score (nSPS) is 18.9. The lowest BCUT2D eigenvalue weighted by atomic mass is 9.83. The molecule has 1 saturated carbocycles. The molecule has 2 N–H and O–H groups in total. The summed E-state index contributed by atoms with van der Waals surface area (Å²) in [7, 11) is 0. The van der Waals surface area contributed by atoms with E-state index in [1.54, 1.807) is 0 Å². The summed E-state index contributed by atoms with van der Waals surface area (Å²) in [4.78, 5) is 0. The van der Waals surface area contributed by atoms with Crippen LogP contribution < -0.4 is 5.73 Å². The zero-order chi connectivity index (χ0) is 12.6. The fraction of sp³-hybridized carbons (Fsp3) is 0.643. The van der Waals surface area contributed by atoms with Gasteiger partial charge >= 0.3 is 0 Å². The number of anilines is 1. The fourth-order valence-electron chi connectivity index (χ4n) is 3.21. The number of nitrogen functional groups attached to an aromatic ring is 1. The minimum absolute atomic E-state index is 0.103. The van der Waals surface area contributed by atoms with Gasteiger partial charge in [0.05, 0.1) is 5.56 Å². The van der Waals surface area contributed by atoms with Gasteiger partial charge in [0.1, 0.15) is 11.9 Å². The van der Waals surface area contributed by atoms with Crippen LogP contribution in [0.1, 0.15) is 55.8 Å². The Morgan fingerprint density at radius 2 is 1.82 bits per heavy atom. The van der Waals surface area contributed by atoms with Crippen LogP contribution in [0.4, 0.5) is 5.82 Å². The predicted octanol–water partition coefficient (Wildman–Crippen LogP) is 3.24. The van der Waals surface area contributed by atoms with Crippen LogP contribution in [0.25, 0.3) is 0 Å². The minimum Gasteiger partial charge on any atom is -0.384 e. The summed E-state index contributed by atoms with van der Waals surface area (Å²) in [6.07, 6.45) is 6.16. The van der Waals surface area contributed by atoms with Gasteiger partial charge in [0.25, 0.3) is 0 Å². The van der Waals surface area contributed by atoms with Crippen LogP contribution >= 0.6 is 0 Å². The van der Waals surface area contributed by atoms with Crippen molar-refractivity contribution in [2.75, 3.05) is 5.73 Å². The molecule has 1 aliphatic rings. The van der Waals surface area contributed by atoms with E-state index in [-0.39, 0.29) is 5.54 Å². The Hall–Kier alpha value is -1.43. The van der Waals surface area contributed by atoms with Crippen molar-refractivity contribution < 1.29 is 0 Å². The highest BCUT2D eigenvalue weighted by atomic mass is 15.1. The maximum atomic E-state index is 9.18. The number of nitrogens with zero attached hydrogens (tertiary/aromatic N) is 2. The molecule has 2 rings (SSSR count). The van der Waals surface area contributed by atoms with Crippen LogP contribution in [0.3, 0.4) is 0 Å². The van der Waals surface area contributed by atoms with Crippen LogP contribution in [0.2, 0.25) is 0 Å². The second-order valence-corrected chi connectivity index (χ2v) is 5.48. The highest BCUT2D eigenvalue weighted by Crippen LogP contribution is 2.39. The first kappa shape index (κ1) is 12.0. The molecule has 3 heteroatoms. The minimum atomic E-state index is 0.103. The number of nitriles is 1. The topological polar surface area (TPSA) is 54.7 Å². The van der Waals surface area contributed by atoms with Gasteiger partial charge in [0.15, 0.2) is 0 Å². The summed E-state index contributed by atoms with van der Waals surface area (Å²) in [6.45, 7) is 6.34. The standard InChI is InChI=1S/C14H21N3/c1-10-11(2)17(13(16)12(10)9-15)14(3)7-5-4-6-8-14/h4-8,16H2,1-3H3. The Balaban J connectivity index is 2.56. The molecule has 0 spiro atoms. The molecule has 17 heavy (non-hydrogen) atoms. The van der Waals surface area contributed by atoms with Crippen LogP contribution in [0.15, 0.2) is 0 Å². The highest BCUT2D eigenvalue weighted by molar-refractivity contribution is 5.58. The van der Waals surface area contributed by atoms with E-state index >= 15 is 0 Å². The molecule has 1 fully saturated rings. The molecule has 0 radical (unpaired) electrons. The van der Waals surface area contributed by atoms with Crippen molar-refractivity contribution in [2.45, 2.75) is 58.4 Å². The van der Waals surface area contributed by atoms with E-state index < -0.39 is 0 Å². The fourth-order valence-corrected chi connectivity index (χ4v) is 3.21. The highest BCUT2D eigenvalue weighted by Gasteiger charge is 2.33. The monoisotopic (exact) mass is 231 g/mol. The lowest BCUT2D eigenvalue weighted by Crippen LogP contribution is -2.34. The molecule has 0 amide bonds. The van der Waals surface area contributed by atoms with E-state index in [1.165, 1.54) is 19.3 Å². The van der Waals surface area contributed by atoms with Crippen molar-refractivity contribution in [3.8, 4) is 6.07 Å². The van der Waals surface area contributed by atoms with Crippen molar-refractivity contribution >= 4 is 5.82 Å². The van der Waals surface area contributed by atoms with E-state index in [2.05, 4.69) is 24.5 Å². The van der Waals surface area contributed by atoms with Gasteiger partial charge in [-0.2, -0.15) is 5.26 Å². The van der Waals surface area contributed by atoms with Crippen molar-refractivity contribution in [1.29, 1.82) is 5.26 Å². The largest absolute Gasteiger partial charge is 0.384 e. The Bertz CT molecular complexity index is 471. The molecule has 0 atom stereocenters. The van der Waals surface area contributed by atoms with E-state index in [9.17, 15) is 5.26 Å². The third kappa shape index (κ3) is 1.72. The Morgan fingerprint density at radius 3 is 2.29 bits per heavy atom. The third-order valence-corrected chi connectivity index (χ3v) is 4.33. The van der Waals surface area contributed by atoms with Gasteiger partial charge in [-0.05, 0) is 39.2 Å². The van der Waals surface area contributed by atoms with Gasteiger partial charge in [-0.1, -0.05) is 19.3 Å². The quantitative estimate of drug-likeness (QED) is 0.806.